The second-order valence-electron chi connectivity index (χ2n) is 5.96. The standard InChI is InChI=1S/C17H21NO4/c1-18-12-8-9-13(18)15(17(20)21-2)14(10-12)22-16(19)11-6-4-3-5-7-11/h3-7,12-15H,8-10H2,1-2H3/t12-,13+,14-,15+/m0/s1/i2D3. The van der Waals surface area contributed by atoms with Gasteiger partial charge in [0.25, 0.3) is 0 Å². The molecular formula is C17H21NO4. The Hall–Kier alpha value is -1.88. The number of esters is 2. The van der Waals surface area contributed by atoms with E-state index in [1.54, 1.807) is 30.3 Å². The van der Waals surface area contributed by atoms with Gasteiger partial charge in [0, 0.05) is 18.5 Å². The molecule has 5 nitrogen and oxygen atoms in total. The Morgan fingerprint density at radius 2 is 2.05 bits per heavy atom. The minimum Gasteiger partial charge on any atom is -0.469 e. The molecule has 0 saturated carbocycles. The van der Waals surface area contributed by atoms with Crippen molar-refractivity contribution < 1.29 is 23.2 Å². The number of rotatable bonds is 3. The number of carbonyl (C=O) groups is 2. The normalized spacial score (nSPS) is 33.4. The second kappa shape index (κ2) is 6.08. The largest absolute Gasteiger partial charge is 0.469 e. The molecule has 0 amide bonds. The van der Waals surface area contributed by atoms with E-state index in [-0.39, 0.29) is 12.1 Å². The fourth-order valence-electron chi connectivity index (χ4n) is 3.70. The van der Waals surface area contributed by atoms with Crippen LogP contribution in [0.15, 0.2) is 30.3 Å². The molecule has 2 heterocycles. The van der Waals surface area contributed by atoms with E-state index < -0.39 is 31.0 Å². The zero-order valence-corrected chi connectivity index (χ0v) is 12.4. The number of hydrogen-bond acceptors (Lipinski definition) is 5. The minimum absolute atomic E-state index is 0.179. The molecule has 2 bridgehead atoms. The lowest BCUT2D eigenvalue weighted by Gasteiger charge is -2.40. The molecule has 4 atom stereocenters. The number of piperidine rings is 1. The van der Waals surface area contributed by atoms with Gasteiger partial charge in [-0.15, -0.1) is 0 Å². The Labute approximate surface area is 134 Å². The fourth-order valence-corrected chi connectivity index (χ4v) is 3.70. The van der Waals surface area contributed by atoms with Crippen LogP contribution in [0.1, 0.15) is 33.7 Å². The molecule has 1 aromatic rings. The molecule has 2 fully saturated rings. The highest BCUT2D eigenvalue weighted by Gasteiger charge is 2.50. The molecule has 22 heavy (non-hydrogen) atoms. The molecule has 0 radical (unpaired) electrons. The summed E-state index contributed by atoms with van der Waals surface area (Å²) in [5.41, 5.74) is 0.400. The number of ether oxygens (including phenoxy) is 2. The summed E-state index contributed by atoms with van der Waals surface area (Å²) in [6.07, 6.45) is 1.45. The first-order chi connectivity index (χ1) is 11.8. The maximum atomic E-state index is 12.5. The zero-order chi connectivity index (χ0) is 18.2. The second-order valence-corrected chi connectivity index (χ2v) is 5.96. The van der Waals surface area contributed by atoms with Gasteiger partial charge < -0.3 is 9.47 Å². The summed E-state index contributed by atoms with van der Waals surface area (Å²) in [7, 11) is -0.897. The first-order valence-corrected chi connectivity index (χ1v) is 7.47. The van der Waals surface area contributed by atoms with Crippen LogP contribution >= 0.6 is 0 Å². The van der Waals surface area contributed by atoms with Crippen LogP contribution in [0.5, 0.6) is 0 Å². The summed E-state index contributed by atoms with van der Waals surface area (Å²) in [6.45, 7) is 0. The minimum atomic E-state index is -2.81. The first-order valence-electron chi connectivity index (χ1n) is 8.97. The summed E-state index contributed by atoms with van der Waals surface area (Å²) in [5, 5.41) is 0. The molecule has 2 aliphatic rings. The molecule has 2 saturated heterocycles. The monoisotopic (exact) mass is 306 g/mol. The highest BCUT2D eigenvalue weighted by molar-refractivity contribution is 5.89. The Kier molecular flexibility index (Phi) is 3.22. The van der Waals surface area contributed by atoms with E-state index in [9.17, 15) is 9.59 Å². The summed E-state index contributed by atoms with van der Waals surface area (Å²) >= 11 is 0. The zero-order valence-electron chi connectivity index (χ0n) is 15.4. The highest BCUT2D eigenvalue weighted by Crippen LogP contribution is 2.40. The van der Waals surface area contributed by atoms with Crippen molar-refractivity contribution in [3.8, 4) is 0 Å². The van der Waals surface area contributed by atoms with Crippen LogP contribution < -0.4 is 0 Å². The van der Waals surface area contributed by atoms with Gasteiger partial charge in [0.2, 0.25) is 0 Å². The van der Waals surface area contributed by atoms with E-state index in [2.05, 4.69) is 9.64 Å². The summed E-state index contributed by atoms with van der Waals surface area (Å²) in [6, 6.07) is 8.58. The van der Waals surface area contributed by atoms with Gasteiger partial charge in [-0.25, -0.2) is 4.79 Å². The van der Waals surface area contributed by atoms with Gasteiger partial charge in [-0.05, 0) is 32.0 Å². The molecule has 2 aliphatic heterocycles. The van der Waals surface area contributed by atoms with Crippen LogP contribution in [0.25, 0.3) is 0 Å². The van der Waals surface area contributed by atoms with E-state index >= 15 is 0 Å². The molecule has 0 aromatic heterocycles. The van der Waals surface area contributed by atoms with Gasteiger partial charge in [-0.1, -0.05) is 18.2 Å². The van der Waals surface area contributed by atoms with Gasteiger partial charge >= 0.3 is 11.9 Å². The third kappa shape index (κ3) is 2.61. The first kappa shape index (κ1) is 11.7. The molecule has 0 N–H and O–H groups in total. The maximum Gasteiger partial charge on any atom is 0.338 e. The van der Waals surface area contributed by atoms with Crippen LogP contribution in [0.3, 0.4) is 0 Å². The van der Waals surface area contributed by atoms with Crippen LogP contribution in [-0.2, 0) is 14.3 Å². The van der Waals surface area contributed by atoms with Crippen LogP contribution in [0.4, 0.5) is 0 Å². The Morgan fingerprint density at radius 1 is 1.27 bits per heavy atom. The predicted molar refractivity (Wildman–Crippen MR) is 80.3 cm³/mol. The SMILES string of the molecule is [2H]C([2H])([2H])OC(=O)[C@H]1[C@@H](OC(=O)c2ccccc2)C[C@@H]2CC[C@H]1N2C. The van der Waals surface area contributed by atoms with E-state index in [0.717, 1.165) is 12.8 Å². The van der Waals surface area contributed by atoms with Crippen LogP contribution in [0, 0.1) is 5.92 Å². The highest BCUT2D eigenvalue weighted by atomic mass is 16.6. The topological polar surface area (TPSA) is 55.8 Å². The lowest BCUT2D eigenvalue weighted by molar-refractivity contribution is -0.156. The van der Waals surface area contributed by atoms with Crippen molar-refractivity contribution in [2.45, 2.75) is 37.5 Å². The number of benzene rings is 1. The Bertz CT molecular complexity index is 649. The van der Waals surface area contributed by atoms with Gasteiger partial charge in [-0.3, -0.25) is 9.69 Å². The van der Waals surface area contributed by atoms with Crippen molar-refractivity contribution in [3.63, 3.8) is 0 Å². The number of fused-ring (bicyclic) bond motifs is 2. The maximum absolute atomic E-state index is 12.5. The Balaban J connectivity index is 1.80. The van der Waals surface area contributed by atoms with Crippen LogP contribution in [-0.4, -0.2) is 49.1 Å². The van der Waals surface area contributed by atoms with Crippen molar-refractivity contribution in [1.29, 1.82) is 0 Å². The van der Waals surface area contributed by atoms with Crippen molar-refractivity contribution in [3.05, 3.63) is 35.9 Å². The molecule has 0 aliphatic carbocycles. The third-order valence-corrected chi connectivity index (χ3v) is 4.85. The van der Waals surface area contributed by atoms with E-state index in [1.165, 1.54) is 0 Å². The summed E-state index contributed by atoms with van der Waals surface area (Å²) in [5.74, 6) is -2.14. The predicted octanol–water partition coefficient (Wildman–Crippen LogP) is 1.87. The average molecular weight is 306 g/mol. The van der Waals surface area contributed by atoms with Crippen molar-refractivity contribution in [2.24, 2.45) is 5.92 Å². The summed E-state index contributed by atoms with van der Waals surface area (Å²) < 4.78 is 31.8. The molecular weight excluding hydrogens is 282 g/mol. The molecule has 0 unspecified atom stereocenters. The quantitative estimate of drug-likeness (QED) is 0.798. The van der Waals surface area contributed by atoms with E-state index in [1.807, 2.05) is 7.05 Å². The number of nitrogens with zero attached hydrogens (tertiary/aromatic N) is 1. The van der Waals surface area contributed by atoms with E-state index in [4.69, 9.17) is 8.85 Å². The fraction of sp³-hybridized carbons (Fsp3) is 0.529. The average Bonchev–Trinajstić information content (AvgIpc) is 2.78. The van der Waals surface area contributed by atoms with Crippen LogP contribution in [0.2, 0.25) is 0 Å². The molecule has 5 heteroatoms. The van der Waals surface area contributed by atoms with Crippen molar-refractivity contribution in [2.75, 3.05) is 14.1 Å². The lowest BCUT2D eigenvalue weighted by Crippen LogP contribution is -2.53. The number of methoxy groups -OCH3 is 1. The number of hydrogen-bond donors (Lipinski definition) is 0. The van der Waals surface area contributed by atoms with Gasteiger partial charge in [-0.2, -0.15) is 0 Å². The molecule has 118 valence electrons. The summed E-state index contributed by atoms with van der Waals surface area (Å²) in [4.78, 5) is 26.9. The molecule has 3 rings (SSSR count). The van der Waals surface area contributed by atoms with Gasteiger partial charge in [0.1, 0.15) is 12.0 Å². The molecule has 1 aromatic carbocycles. The van der Waals surface area contributed by atoms with Gasteiger partial charge in [0.05, 0.1) is 16.7 Å². The van der Waals surface area contributed by atoms with Crippen molar-refractivity contribution in [1.82, 2.24) is 4.90 Å². The van der Waals surface area contributed by atoms with Gasteiger partial charge in [0.15, 0.2) is 0 Å². The van der Waals surface area contributed by atoms with E-state index in [0.29, 0.717) is 12.0 Å². The number of carbonyl (C=O) groups excluding carboxylic acids is 2. The van der Waals surface area contributed by atoms with Crippen molar-refractivity contribution >= 4 is 11.9 Å². The lowest BCUT2D eigenvalue weighted by atomic mass is 9.87. The smallest absolute Gasteiger partial charge is 0.338 e. The Morgan fingerprint density at radius 3 is 2.77 bits per heavy atom. The molecule has 0 spiro atoms. The third-order valence-electron chi connectivity index (χ3n) is 4.85.